The molecule has 0 radical (unpaired) electrons. The minimum Gasteiger partial charge on any atom is -0.489 e. The number of hydrogen-bond acceptors (Lipinski definition) is 4. The molecule has 1 heterocycles. The summed E-state index contributed by atoms with van der Waals surface area (Å²) < 4.78 is 34.3. The predicted octanol–water partition coefficient (Wildman–Crippen LogP) is 5.57. The minimum absolute atomic E-state index is 0.0678. The lowest BCUT2D eigenvalue weighted by Crippen LogP contribution is -2.42. The van der Waals surface area contributed by atoms with Gasteiger partial charge in [0.15, 0.2) is 0 Å². The van der Waals surface area contributed by atoms with Crippen molar-refractivity contribution in [2.45, 2.75) is 43.2 Å². The number of benzene rings is 3. The van der Waals surface area contributed by atoms with Crippen LogP contribution in [0, 0.1) is 5.92 Å². The first-order valence-electron chi connectivity index (χ1n) is 12.0. The molecule has 0 aromatic heterocycles. The van der Waals surface area contributed by atoms with Crippen molar-refractivity contribution in [3.05, 3.63) is 71.2 Å². The predicted molar refractivity (Wildman–Crippen MR) is 137 cm³/mol. The highest BCUT2D eigenvalue weighted by molar-refractivity contribution is 7.89. The summed E-state index contributed by atoms with van der Waals surface area (Å²) in [5, 5.41) is 2.39. The third-order valence-corrected chi connectivity index (χ3v) is 9.39. The highest BCUT2D eigenvalue weighted by Crippen LogP contribution is 2.37. The van der Waals surface area contributed by atoms with Crippen molar-refractivity contribution in [3.8, 4) is 5.75 Å². The van der Waals surface area contributed by atoms with E-state index >= 15 is 0 Å². The Bertz CT molecular complexity index is 1260. The van der Waals surface area contributed by atoms with E-state index in [1.54, 1.807) is 19.2 Å². The molecule has 0 amide bonds. The zero-order chi connectivity index (χ0) is 23.7. The fourth-order valence-electron chi connectivity index (χ4n) is 5.10. The van der Waals surface area contributed by atoms with E-state index < -0.39 is 10.0 Å². The van der Waals surface area contributed by atoms with Crippen molar-refractivity contribution in [2.24, 2.45) is 5.92 Å². The molecule has 3 aromatic carbocycles. The molecule has 34 heavy (non-hydrogen) atoms. The van der Waals surface area contributed by atoms with Gasteiger partial charge in [-0.25, -0.2) is 12.7 Å². The topological polar surface area (TPSA) is 49.9 Å². The molecule has 1 aliphatic heterocycles. The van der Waals surface area contributed by atoms with Crippen molar-refractivity contribution in [1.29, 1.82) is 0 Å². The number of fused-ring (bicyclic) bond motifs is 1. The summed E-state index contributed by atoms with van der Waals surface area (Å²) in [6.07, 6.45) is 4.21. The second kappa shape index (κ2) is 9.86. The molecule has 2 fully saturated rings. The lowest BCUT2D eigenvalue weighted by atomic mass is 9.82. The van der Waals surface area contributed by atoms with E-state index in [-0.39, 0.29) is 12.0 Å². The van der Waals surface area contributed by atoms with E-state index in [2.05, 4.69) is 11.0 Å². The first kappa shape index (κ1) is 23.6. The Hall–Kier alpha value is -2.12. The summed E-state index contributed by atoms with van der Waals surface area (Å²) in [7, 11) is -1.90. The Morgan fingerprint density at radius 2 is 1.71 bits per heavy atom. The molecule has 7 heteroatoms. The van der Waals surface area contributed by atoms with Crippen LogP contribution in [0.2, 0.25) is 5.02 Å². The Morgan fingerprint density at radius 3 is 2.50 bits per heavy atom. The van der Waals surface area contributed by atoms with Gasteiger partial charge in [0.1, 0.15) is 5.75 Å². The fourth-order valence-corrected chi connectivity index (χ4v) is 6.79. The molecule has 1 aliphatic carbocycles. The van der Waals surface area contributed by atoms with Gasteiger partial charge in [-0.1, -0.05) is 60.1 Å². The molecule has 0 atom stereocenters. The molecule has 0 bridgehead atoms. The molecule has 3 aromatic rings. The number of hydrogen-bond donors (Lipinski definition) is 0. The quantitative estimate of drug-likeness (QED) is 0.407. The molecule has 5 rings (SSSR count). The van der Waals surface area contributed by atoms with Crippen LogP contribution in [-0.2, 0) is 16.6 Å². The van der Waals surface area contributed by atoms with Crippen molar-refractivity contribution in [2.75, 3.05) is 26.7 Å². The van der Waals surface area contributed by atoms with Gasteiger partial charge in [-0.3, -0.25) is 4.90 Å². The standard InChI is InChI=1S/C27H31ClN2O3S/c1-29(34(31,32)26-13-7-9-21-8-2-3-11-24(21)26)18-20-16-23(17-20)33-25-12-6-10-22(27(25)28)19-30-14-4-5-15-30/h2-3,6-13,20,23H,4-5,14-19H2,1H3. The van der Waals surface area contributed by atoms with E-state index in [4.69, 9.17) is 16.3 Å². The Labute approximate surface area is 207 Å². The number of ether oxygens (including phenoxy) is 1. The molecular formula is C27H31ClN2O3S. The van der Waals surface area contributed by atoms with Crippen LogP contribution in [0.5, 0.6) is 5.75 Å². The molecule has 5 nitrogen and oxygen atoms in total. The first-order valence-corrected chi connectivity index (χ1v) is 13.8. The lowest BCUT2D eigenvalue weighted by molar-refractivity contribution is 0.0575. The Morgan fingerprint density at radius 1 is 1.00 bits per heavy atom. The van der Waals surface area contributed by atoms with Crippen molar-refractivity contribution in [3.63, 3.8) is 0 Å². The fraction of sp³-hybridized carbons (Fsp3) is 0.407. The molecule has 1 saturated heterocycles. The van der Waals surface area contributed by atoms with Crippen molar-refractivity contribution < 1.29 is 13.2 Å². The molecule has 180 valence electrons. The summed E-state index contributed by atoms with van der Waals surface area (Å²) >= 11 is 6.67. The van der Waals surface area contributed by atoms with E-state index in [0.717, 1.165) is 54.6 Å². The average Bonchev–Trinajstić information content (AvgIpc) is 3.32. The van der Waals surface area contributed by atoms with Gasteiger partial charge < -0.3 is 4.74 Å². The maximum atomic E-state index is 13.3. The van der Waals surface area contributed by atoms with Crippen molar-refractivity contribution >= 4 is 32.4 Å². The SMILES string of the molecule is CN(CC1CC(Oc2cccc(CN3CCCC3)c2Cl)C1)S(=O)(=O)c1cccc2ccccc12. The maximum absolute atomic E-state index is 13.3. The number of nitrogens with zero attached hydrogens (tertiary/aromatic N) is 2. The number of rotatable bonds is 8. The van der Waals surface area contributed by atoms with Crippen LogP contribution in [0.15, 0.2) is 65.6 Å². The monoisotopic (exact) mass is 498 g/mol. The van der Waals surface area contributed by atoms with Crippen LogP contribution in [0.1, 0.15) is 31.2 Å². The average molecular weight is 499 g/mol. The molecule has 1 saturated carbocycles. The van der Waals surface area contributed by atoms with Gasteiger partial charge >= 0.3 is 0 Å². The second-order valence-corrected chi connectivity index (χ2v) is 11.9. The third kappa shape index (κ3) is 4.82. The van der Waals surface area contributed by atoms with Gasteiger partial charge in [-0.05, 0) is 67.8 Å². The summed E-state index contributed by atoms with van der Waals surface area (Å²) in [6, 6.07) is 19.0. The summed E-state index contributed by atoms with van der Waals surface area (Å²) in [4.78, 5) is 2.79. The number of halogens is 1. The first-order chi connectivity index (χ1) is 16.4. The Balaban J connectivity index is 1.19. The van der Waals surface area contributed by atoms with Crippen LogP contribution in [0.3, 0.4) is 0 Å². The van der Waals surface area contributed by atoms with Crippen LogP contribution < -0.4 is 4.74 Å². The van der Waals surface area contributed by atoms with E-state index in [0.29, 0.717) is 16.5 Å². The summed E-state index contributed by atoms with van der Waals surface area (Å²) in [5.41, 5.74) is 1.11. The van der Waals surface area contributed by atoms with E-state index in [1.165, 1.54) is 17.1 Å². The molecule has 0 spiro atoms. The molecular weight excluding hydrogens is 468 g/mol. The smallest absolute Gasteiger partial charge is 0.243 e. The molecule has 0 unspecified atom stereocenters. The van der Waals surface area contributed by atoms with Gasteiger partial charge in [-0.15, -0.1) is 0 Å². The largest absolute Gasteiger partial charge is 0.489 e. The third-order valence-electron chi connectivity index (χ3n) is 7.08. The Kier molecular flexibility index (Phi) is 6.85. The highest BCUT2D eigenvalue weighted by atomic mass is 35.5. The van der Waals surface area contributed by atoms with E-state index in [1.807, 2.05) is 42.5 Å². The van der Waals surface area contributed by atoms with Crippen LogP contribution in [-0.4, -0.2) is 50.4 Å². The molecule has 0 N–H and O–H groups in total. The summed E-state index contributed by atoms with van der Waals surface area (Å²) in [5.74, 6) is 1.00. The minimum atomic E-state index is -3.57. The van der Waals surface area contributed by atoms with Crippen molar-refractivity contribution in [1.82, 2.24) is 9.21 Å². The highest BCUT2D eigenvalue weighted by Gasteiger charge is 2.35. The normalized spacial score (nSPS) is 21.1. The van der Waals surface area contributed by atoms with Gasteiger partial charge in [-0.2, -0.15) is 0 Å². The van der Waals surface area contributed by atoms with Gasteiger partial charge in [0.2, 0.25) is 10.0 Å². The van der Waals surface area contributed by atoms with Crippen LogP contribution in [0.25, 0.3) is 10.8 Å². The van der Waals surface area contributed by atoms with Gasteiger partial charge in [0, 0.05) is 25.5 Å². The van der Waals surface area contributed by atoms with Gasteiger partial charge in [0.25, 0.3) is 0 Å². The zero-order valence-electron chi connectivity index (χ0n) is 19.5. The van der Waals surface area contributed by atoms with E-state index in [9.17, 15) is 8.42 Å². The zero-order valence-corrected chi connectivity index (χ0v) is 21.1. The lowest BCUT2D eigenvalue weighted by Gasteiger charge is -2.37. The van der Waals surface area contributed by atoms with Gasteiger partial charge in [0.05, 0.1) is 16.0 Å². The second-order valence-electron chi connectivity index (χ2n) is 9.55. The summed E-state index contributed by atoms with van der Waals surface area (Å²) in [6.45, 7) is 3.59. The maximum Gasteiger partial charge on any atom is 0.243 e. The van der Waals surface area contributed by atoms with Crippen LogP contribution >= 0.6 is 11.6 Å². The van der Waals surface area contributed by atoms with Crippen LogP contribution in [0.4, 0.5) is 0 Å². The number of likely N-dealkylation sites (tertiary alicyclic amines) is 1. The number of sulfonamides is 1. The molecule has 2 aliphatic rings.